The van der Waals surface area contributed by atoms with Crippen LogP contribution in [0.15, 0.2) is 6.20 Å². The van der Waals surface area contributed by atoms with Crippen molar-refractivity contribution in [2.24, 2.45) is 0 Å². The molecule has 0 unspecified atom stereocenters. The average molecular weight is 183 g/mol. The Morgan fingerprint density at radius 2 is 2.46 bits per heavy atom. The van der Waals surface area contributed by atoms with E-state index in [1.54, 1.807) is 0 Å². The molecular formula is C9H17N3O. The molecule has 13 heavy (non-hydrogen) atoms. The van der Waals surface area contributed by atoms with Crippen LogP contribution in [-0.2, 0) is 4.74 Å². The van der Waals surface area contributed by atoms with Crippen molar-refractivity contribution in [1.82, 2.24) is 9.97 Å². The maximum Gasteiger partial charge on any atom is 0.200 e. The highest BCUT2D eigenvalue weighted by molar-refractivity contribution is 5.25. The number of aromatic amines is 1. The van der Waals surface area contributed by atoms with E-state index in [1.165, 1.54) is 0 Å². The fourth-order valence-corrected chi connectivity index (χ4v) is 1.03. The Hall–Kier alpha value is -1.03. The predicted molar refractivity (Wildman–Crippen MR) is 52.9 cm³/mol. The minimum Gasteiger partial charge on any atom is -0.382 e. The Balaban J connectivity index is 2.06. The molecular weight excluding hydrogens is 166 g/mol. The number of nitrogens with one attached hydrogen (secondary N) is 2. The lowest BCUT2D eigenvalue weighted by Gasteiger charge is -2.02. The smallest absolute Gasteiger partial charge is 0.200 e. The zero-order chi connectivity index (χ0) is 9.52. The Morgan fingerprint density at radius 3 is 3.08 bits per heavy atom. The van der Waals surface area contributed by atoms with Crippen molar-refractivity contribution < 1.29 is 4.74 Å². The molecule has 4 nitrogen and oxygen atoms in total. The topological polar surface area (TPSA) is 49.9 Å². The number of rotatable bonds is 6. The molecule has 0 aliphatic rings. The van der Waals surface area contributed by atoms with Crippen LogP contribution in [0.2, 0.25) is 0 Å². The molecule has 0 saturated carbocycles. The van der Waals surface area contributed by atoms with Gasteiger partial charge in [-0.15, -0.1) is 0 Å². The number of ether oxygens (including phenoxy) is 1. The first-order chi connectivity index (χ1) is 6.33. The molecule has 2 N–H and O–H groups in total. The zero-order valence-corrected chi connectivity index (χ0v) is 8.26. The molecule has 0 fully saturated rings. The molecule has 1 rings (SSSR count). The monoisotopic (exact) mass is 183 g/mol. The molecule has 0 bridgehead atoms. The van der Waals surface area contributed by atoms with Gasteiger partial charge in [0, 0.05) is 31.6 Å². The van der Waals surface area contributed by atoms with E-state index in [0.717, 1.165) is 37.8 Å². The van der Waals surface area contributed by atoms with Gasteiger partial charge in [-0.05, 0) is 20.3 Å². The van der Waals surface area contributed by atoms with Gasteiger partial charge in [0.25, 0.3) is 0 Å². The fourth-order valence-electron chi connectivity index (χ4n) is 1.03. The van der Waals surface area contributed by atoms with Crippen molar-refractivity contribution in [3.8, 4) is 0 Å². The van der Waals surface area contributed by atoms with Crippen molar-refractivity contribution >= 4 is 5.95 Å². The minimum absolute atomic E-state index is 0.792. The summed E-state index contributed by atoms with van der Waals surface area (Å²) in [6.07, 6.45) is 2.82. The van der Waals surface area contributed by atoms with Crippen LogP contribution < -0.4 is 5.32 Å². The van der Waals surface area contributed by atoms with Gasteiger partial charge in [0.05, 0.1) is 0 Å². The normalized spacial score (nSPS) is 10.3. The summed E-state index contributed by atoms with van der Waals surface area (Å²) in [7, 11) is 0. The molecule has 0 aromatic carbocycles. The van der Waals surface area contributed by atoms with Gasteiger partial charge in [0.1, 0.15) is 0 Å². The van der Waals surface area contributed by atoms with Gasteiger partial charge in [-0.3, -0.25) is 0 Å². The van der Waals surface area contributed by atoms with Crippen molar-refractivity contribution in [2.45, 2.75) is 20.3 Å². The molecule has 0 aliphatic carbocycles. The maximum absolute atomic E-state index is 5.21. The van der Waals surface area contributed by atoms with E-state index in [9.17, 15) is 0 Å². The van der Waals surface area contributed by atoms with Gasteiger partial charge in [-0.1, -0.05) is 0 Å². The molecule has 4 heteroatoms. The van der Waals surface area contributed by atoms with E-state index >= 15 is 0 Å². The van der Waals surface area contributed by atoms with Crippen LogP contribution in [0.4, 0.5) is 5.95 Å². The molecule has 1 aromatic rings. The van der Waals surface area contributed by atoms with Crippen molar-refractivity contribution in [2.75, 3.05) is 25.1 Å². The number of aryl methyl sites for hydroxylation is 1. The summed E-state index contributed by atoms with van der Waals surface area (Å²) in [5.41, 5.74) is 1.08. The molecule has 1 heterocycles. The molecule has 0 amide bonds. The summed E-state index contributed by atoms with van der Waals surface area (Å²) in [6, 6.07) is 0. The average Bonchev–Trinajstić information content (AvgIpc) is 2.51. The number of hydrogen-bond acceptors (Lipinski definition) is 3. The second-order valence-corrected chi connectivity index (χ2v) is 2.89. The van der Waals surface area contributed by atoms with Crippen LogP contribution in [0.25, 0.3) is 0 Å². The van der Waals surface area contributed by atoms with Crippen LogP contribution in [0.3, 0.4) is 0 Å². The maximum atomic E-state index is 5.21. The summed E-state index contributed by atoms with van der Waals surface area (Å²) < 4.78 is 5.21. The number of H-pyrrole nitrogens is 1. The first kappa shape index (κ1) is 10.1. The van der Waals surface area contributed by atoms with Crippen molar-refractivity contribution in [1.29, 1.82) is 0 Å². The van der Waals surface area contributed by atoms with Crippen LogP contribution in [-0.4, -0.2) is 29.7 Å². The highest BCUT2D eigenvalue weighted by Gasteiger charge is 1.94. The quantitative estimate of drug-likeness (QED) is 0.658. The van der Waals surface area contributed by atoms with Gasteiger partial charge in [-0.2, -0.15) is 0 Å². The molecule has 0 saturated heterocycles. The standard InChI is InChI=1S/C9H17N3O/c1-3-13-6-4-5-10-9-11-7-8(2)12-9/h7H,3-6H2,1-2H3,(H2,10,11,12). The lowest BCUT2D eigenvalue weighted by atomic mass is 10.4. The third-order valence-corrected chi connectivity index (χ3v) is 1.66. The first-order valence-corrected chi connectivity index (χ1v) is 4.66. The second kappa shape index (κ2) is 5.59. The van der Waals surface area contributed by atoms with Crippen molar-refractivity contribution in [3.63, 3.8) is 0 Å². The molecule has 0 radical (unpaired) electrons. The number of nitrogens with zero attached hydrogens (tertiary/aromatic N) is 1. The summed E-state index contributed by atoms with van der Waals surface area (Å²) >= 11 is 0. The van der Waals surface area contributed by atoms with E-state index in [1.807, 2.05) is 20.0 Å². The van der Waals surface area contributed by atoms with E-state index in [4.69, 9.17) is 4.74 Å². The van der Waals surface area contributed by atoms with Crippen LogP contribution >= 0.6 is 0 Å². The lowest BCUT2D eigenvalue weighted by molar-refractivity contribution is 0.147. The SMILES string of the molecule is CCOCCCNc1ncc(C)[nH]1. The molecule has 0 aliphatic heterocycles. The van der Waals surface area contributed by atoms with Crippen LogP contribution in [0, 0.1) is 6.92 Å². The number of anilines is 1. The Morgan fingerprint density at radius 1 is 1.62 bits per heavy atom. The lowest BCUT2D eigenvalue weighted by Crippen LogP contribution is -2.06. The Labute approximate surface area is 78.7 Å². The minimum atomic E-state index is 0.792. The largest absolute Gasteiger partial charge is 0.382 e. The van der Waals surface area contributed by atoms with Gasteiger partial charge in [0.2, 0.25) is 0 Å². The summed E-state index contributed by atoms with van der Waals surface area (Å²) in [5.74, 6) is 0.842. The fraction of sp³-hybridized carbons (Fsp3) is 0.667. The van der Waals surface area contributed by atoms with Gasteiger partial charge in [-0.25, -0.2) is 4.98 Å². The van der Waals surface area contributed by atoms with E-state index < -0.39 is 0 Å². The molecule has 1 aromatic heterocycles. The van der Waals surface area contributed by atoms with Gasteiger partial charge in [0.15, 0.2) is 5.95 Å². The van der Waals surface area contributed by atoms with Gasteiger partial charge >= 0.3 is 0 Å². The highest BCUT2D eigenvalue weighted by atomic mass is 16.5. The van der Waals surface area contributed by atoms with E-state index in [-0.39, 0.29) is 0 Å². The number of imidazole rings is 1. The highest BCUT2D eigenvalue weighted by Crippen LogP contribution is 1.99. The van der Waals surface area contributed by atoms with Gasteiger partial charge < -0.3 is 15.0 Å². The Bertz CT molecular complexity index is 235. The summed E-state index contributed by atoms with van der Waals surface area (Å²) in [4.78, 5) is 7.23. The second-order valence-electron chi connectivity index (χ2n) is 2.89. The molecule has 0 atom stereocenters. The first-order valence-electron chi connectivity index (χ1n) is 4.66. The number of hydrogen-bond donors (Lipinski definition) is 2. The Kier molecular flexibility index (Phi) is 4.32. The third-order valence-electron chi connectivity index (χ3n) is 1.66. The van der Waals surface area contributed by atoms with Crippen LogP contribution in [0.5, 0.6) is 0 Å². The van der Waals surface area contributed by atoms with Crippen molar-refractivity contribution in [3.05, 3.63) is 11.9 Å². The van der Waals surface area contributed by atoms with E-state index in [2.05, 4.69) is 15.3 Å². The van der Waals surface area contributed by atoms with E-state index in [0.29, 0.717) is 0 Å². The third kappa shape index (κ3) is 3.94. The van der Waals surface area contributed by atoms with Crippen LogP contribution in [0.1, 0.15) is 19.0 Å². The molecule has 0 spiro atoms. The number of aromatic nitrogens is 2. The zero-order valence-electron chi connectivity index (χ0n) is 8.26. The summed E-state index contributed by atoms with van der Waals surface area (Å²) in [6.45, 7) is 6.48. The predicted octanol–water partition coefficient (Wildman–Crippen LogP) is 1.56. The summed E-state index contributed by atoms with van der Waals surface area (Å²) in [5, 5.41) is 3.18. The molecule has 74 valence electrons.